The lowest BCUT2D eigenvalue weighted by molar-refractivity contribution is -0.284. The maximum Gasteiger partial charge on any atom is 0.453 e. The molecule has 0 saturated carbocycles. The highest BCUT2D eigenvalue weighted by Crippen LogP contribution is 2.45. The number of benzene rings is 1. The van der Waals surface area contributed by atoms with Gasteiger partial charge in [0.15, 0.2) is 11.5 Å². The predicted molar refractivity (Wildman–Crippen MR) is 119 cm³/mol. The van der Waals surface area contributed by atoms with E-state index in [-0.39, 0.29) is 45.8 Å². The van der Waals surface area contributed by atoms with E-state index in [0.29, 0.717) is 5.56 Å². The van der Waals surface area contributed by atoms with Crippen molar-refractivity contribution in [3.8, 4) is 17.3 Å². The lowest BCUT2D eigenvalue weighted by Crippen LogP contribution is -2.36. The monoisotopic (exact) mass is 520 g/mol. The first-order valence-corrected chi connectivity index (χ1v) is 10.7. The number of hydrogen-bond acceptors (Lipinski definition) is 8. The van der Waals surface area contributed by atoms with E-state index >= 15 is 0 Å². The molecule has 5 rings (SSSR count). The van der Waals surface area contributed by atoms with E-state index in [4.69, 9.17) is 5.73 Å². The van der Waals surface area contributed by atoms with E-state index < -0.39 is 36.3 Å². The fourth-order valence-electron chi connectivity index (χ4n) is 4.18. The number of carbonyl (C=O) groups is 1. The zero-order chi connectivity index (χ0) is 26.8. The molecular formula is C22H17F5N8O2. The second-order valence-electron chi connectivity index (χ2n) is 8.59. The van der Waals surface area contributed by atoms with Gasteiger partial charge in [-0.25, -0.2) is 24.5 Å². The highest BCUT2D eigenvalue weighted by atomic mass is 19.4. The average Bonchev–Trinajstić information content (AvgIpc) is 3.40. The number of hydrogen-bond donors (Lipinski definition) is 3. The summed E-state index contributed by atoms with van der Waals surface area (Å²) >= 11 is 0. The fraction of sp³-hybridized carbons (Fsp3) is 0.273. The molecule has 192 valence electrons. The highest BCUT2D eigenvalue weighted by Gasteiger charge is 2.56. The number of phenolic OH excluding ortho intramolecular Hbond substituents is 1. The van der Waals surface area contributed by atoms with E-state index in [1.807, 2.05) is 0 Å². The molecule has 0 fully saturated rings. The number of aromatic hydroxyl groups is 1. The number of aromatic nitrogens is 6. The van der Waals surface area contributed by atoms with Crippen LogP contribution < -0.4 is 11.1 Å². The van der Waals surface area contributed by atoms with E-state index in [9.17, 15) is 31.9 Å². The van der Waals surface area contributed by atoms with Crippen LogP contribution in [0.5, 0.6) is 5.75 Å². The molecule has 0 aliphatic carbocycles. The van der Waals surface area contributed by atoms with Crippen molar-refractivity contribution in [1.29, 1.82) is 0 Å². The van der Waals surface area contributed by atoms with Gasteiger partial charge in [-0.3, -0.25) is 4.79 Å². The third kappa shape index (κ3) is 3.86. The van der Waals surface area contributed by atoms with E-state index in [0.717, 1.165) is 10.8 Å². The third-order valence-electron chi connectivity index (χ3n) is 6.22. The van der Waals surface area contributed by atoms with Crippen molar-refractivity contribution in [1.82, 2.24) is 29.5 Å². The smallest absolute Gasteiger partial charge is 0.453 e. The minimum Gasteiger partial charge on any atom is -0.508 e. The molecule has 15 heteroatoms. The summed E-state index contributed by atoms with van der Waals surface area (Å²) in [6, 6.07) is 5.94. The van der Waals surface area contributed by atoms with Crippen LogP contribution in [0.3, 0.4) is 0 Å². The molecule has 0 spiro atoms. The minimum atomic E-state index is -5.71. The summed E-state index contributed by atoms with van der Waals surface area (Å²) in [4.78, 5) is 29.6. The van der Waals surface area contributed by atoms with Crippen molar-refractivity contribution in [3.05, 3.63) is 53.6 Å². The molecule has 0 saturated heterocycles. The number of rotatable bonds is 5. The second kappa shape index (κ2) is 8.04. The number of aryl methyl sites for hydroxylation is 1. The Morgan fingerprint density at radius 3 is 2.49 bits per heavy atom. The number of carbonyl (C=O) groups excluding carboxylic acids is 1. The van der Waals surface area contributed by atoms with Crippen LogP contribution in [0.4, 0.5) is 33.6 Å². The Hall–Kier alpha value is -4.43. The lowest BCUT2D eigenvalue weighted by atomic mass is 9.78. The Bertz CT molecular complexity index is 1540. The molecule has 1 aromatic carbocycles. The number of nitrogens with one attached hydrogen (secondary N) is 1. The zero-order valence-corrected chi connectivity index (χ0v) is 18.9. The van der Waals surface area contributed by atoms with Crippen molar-refractivity contribution in [2.75, 3.05) is 11.1 Å². The molecule has 1 atom stereocenters. The average molecular weight is 520 g/mol. The first-order valence-electron chi connectivity index (χ1n) is 10.7. The topological polar surface area (TPSA) is 144 Å². The standard InChI is InChI=1S/C22H17F5N8O2/c1-20(10-2-4-11(36)5-3-10)14-15(28)32-16(33-17(14)34-19(20)37)13-8-35-18(29-9-30-35)12(31-13)6-7-21(23,24)22(25,26)27/h2-5,8-9,36H,6-7H2,1H3,(H3,28,32,33,34,37)/t20-/m0/s1. The first-order chi connectivity index (χ1) is 17.3. The van der Waals surface area contributed by atoms with Crippen LogP contribution in [0.1, 0.15) is 30.2 Å². The molecule has 0 unspecified atom stereocenters. The van der Waals surface area contributed by atoms with Crippen molar-refractivity contribution < 1.29 is 31.9 Å². The highest BCUT2D eigenvalue weighted by molar-refractivity contribution is 6.09. The summed E-state index contributed by atoms with van der Waals surface area (Å²) in [6.07, 6.45) is -5.63. The Balaban J connectivity index is 1.57. The fourth-order valence-corrected chi connectivity index (χ4v) is 4.18. The number of fused-ring (bicyclic) bond motifs is 2. The lowest BCUT2D eigenvalue weighted by Gasteiger charge is -2.23. The van der Waals surface area contributed by atoms with Gasteiger partial charge < -0.3 is 16.2 Å². The SMILES string of the molecule is C[C@@]1(c2ccc(O)cc2)C(=O)Nc2nc(-c3cn4ncnc4c(CCC(F)(F)C(F)(F)F)n3)nc(N)c21. The van der Waals surface area contributed by atoms with Gasteiger partial charge in [-0.15, -0.1) is 0 Å². The minimum absolute atomic E-state index is 0.00364. The van der Waals surface area contributed by atoms with E-state index in [1.54, 1.807) is 19.1 Å². The van der Waals surface area contributed by atoms with Crippen molar-refractivity contribution >= 4 is 23.2 Å². The van der Waals surface area contributed by atoms with E-state index in [1.165, 1.54) is 18.3 Å². The largest absolute Gasteiger partial charge is 0.508 e. The van der Waals surface area contributed by atoms with Crippen LogP contribution in [0.2, 0.25) is 0 Å². The molecule has 4 heterocycles. The molecule has 0 radical (unpaired) electrons. The van der Waals surface area contributed by atoms with Gasteiger partial charge in [0.05, 0.1) is 17.5 Å². The summed E-state index contributed by atoms with van der Waals surface area (Å²) in [5.74, 6) is -5.51. The van der Waals surface area contributed by atoms with Crippen LogP contribution in [0, 0.1) is 0 Å². The molecule has 0 bridgehead atoms. The summed E-state index contributed by atoms with van der Waals surface area (Å²) in [6.45, 7) is 1.61. The molecule has 10 nitrogen and oxygen atoms in total. The van der Waals surface area contributed by atoms with Gasteiger partial charge >= 0.3 is 12.1 Å². The number of amides is 1. The predicted octanol–water partition coefficient (Wildman–Crippen LogP) is 3.26. The van der Waals surface area contributed by atoms with Crippen molar-refractivity contribution in [3.63, 3.8) is 0 Å². The summed E-state index contributed by atoms with van der Waals surface area (Å²) < 4.78 is 66.2. The molecule has 37 heavy (non-hydrogen) atoms. The maximum absolute atomic E-state index is 13.5. The van der Waals surface area contributed by atoms with Gasteiger partial charge in [-0.2, -0.15) is 27.1 Å². The number of halogens is 5. The van der Waals surface area contributed by atoms with Gasteiger partial charge in [-0.1, -0.05) is 12.1 Å². The van der Waals surface area contributed by atoms with Crippen LogP contribution in [0.15, 0.2) is 36.8 Å². The van der Waals surface area contributed by atoms with Crippen LogP contribution in [-0.2, 0) is 16.6 Å². The number of anilines is 2. The third-order valence-corrected chi connectivity index (χ3v) is 6.22. The van der Waals surface area contributed by atoms with Gasteiger partial charge in [0, 0.05) is 6.42 Å². The molecule has 1 aliphatic heterocycles. The van der Waals surface area contributed by atoms with Crippen molar-refractivity contribution in [2.24, 2.45) is 0 Å². The van der Waals surface area contributed by atoms with Crippen LogP contribution in [-0.4, -0.2) is 52.7 Å². The molecule has 4 aromatic rings. The number of phenols is 1. The summed E-state index contributed by atoms with van der Waals surface area (Å²) in [5.41, 5.74) is 5.50. The quantitative estimate of drug-likeness (QED) is 0.340. The molecule has 4 N–H and O–H groups in total. The molecule has 3 aromatic heterocycles. The molecular weight excluding hydrogens is 503 g/mol. The first kappa shape index (κ1) is 24.3. The van der Waals surface area contributed by atoms with Gasteiger partial charge in [0.25, 0.3) is 0 Å². The molecule has 1 amide bonds. The zero-order valence-electron chi connectivity index (χ0n) is 18.9. The van der Waals surface area contributed by atoms with Gasteiger partial charge in [0.2, 0.25) is 5.91 Å². The number of nitrogens with two attached hydrogens (primary N) is 1. The summed E-state index contributed by atoms with van der Waals surface area (Å²) in [5, 5.41) is 16.2. The number of alkyl halides is 5. The second-order valence-corrected chi connectivity index (χ2v) is 8.59. The molecule has 1 aliphatic rings. The van der Waals surface area contributed by atoms with Crippen molar-refractivity contribution in [2.45, 2.75) is 37.3 Å². The summed E-state index contributed by atoms with van der Waals surface area (Å²) in [7, 11) is 0. The Morgan fingerprint density at radius 2 is 1.81 bits per heavy atom. The normalized spacial score (nSPS) is 17.7. The van der Waals surface area contributed by atoms with Crippen LogP contribution in [0.25, 0.3) is 17.2 Å². The van der Waals surface area contributed by atoms with Gasteiger partial charge in [-0.05, 0) is 31.0 Å². The number of nitrogen functional groups attached to an aromatic ring is 1. The van der Waals surface area contributed by atoms with Crippen LogP contribution >= 0.6 is 0 Å². The maximum atomic E-state index is 13.5. The number of nitrogens with zero attached hydrogens (tertiary/aromatic N) is 6. The Labute approximate surface area is 204 Å². The van der Waals surface area contributed by atoms with E-state index in [2.05, 4.69) is 30.4 Å². The van der Waals surface area contributed by atoms with Gasteiger partial charge in [0.1, 0.15) is 34.8 Å². The Morgan fingerprint density at radius 1 is 1.11 bits per heavy atom. The Kier molecular flexibility index (Phi) is 5.28.